The Morgan fingerprint density at radius 2 is 2.00 bits per heavy atom. The van der Waals surface area contributed by atoms with Crippen molar-refractivity contribution in [1.29, 1.82) is 0 Å². The van der Waals surface area contributed by atoms with Crippen LogP contribution in [-0.2, 0) is 24.2 Å². The summed E-state index contributed by atoms with van der Waals surface area (Å²) >= 11 is 0. The van der Waals surface area contributed by atoms with Gasteiger partial charge in [-0.1, -0.05) is 6.92 Å². The zero-order chi connectivity index (χ0) is 15.2. The topological polar surface area (TPSA) is 78.0 Å². The van der Waals surface area contributed by atoms with E-state index >= 15 is 0 Å². The first-order valence-corrected chi connectivity index (χ1v) is 7.19. The normalized spacial score (nSPS) is 11.2. The van der Waals surface area contributed by atoms with Crippen LogP contribution in [0.3, 0.4) is 0 Å². The molecule has 0 radical (unpaired) electrons. The molecule has 1 N–H and O–H groups in total. The summed E-state index contributed by atoms with van der Waals surface area (Å²) in [5.74, 6) is 1.25. The number of aromatic nitrogens is 4. The van der Waals surface area contributed by atoms with Crippen LogP contribution in [0.2, 0.25) is 0 Å². The Labute approximate surface area is 124 Å². The first-order valence-electron chi connectivity index (χ1n) is 7.19. The van der Waals surface area contributed by atoms with Crippen LogP contribution in [-0.4, -0.2) is 40.2 Å². The number of nitrogens with one attached hydrogen (secondary N) is 1. The number of aryl methyl sites for hydroxylation is 2. The molecule has 116 valence electrons. The Kier molecular flexibility index (Phi) is 5.46. The molecule has 0 amide bonds. The van der Waals surface area contributed by atoms with E-state index in [4.69, 9.17) is 9.15 Å². The van der Waals surface area contributed by atoms with Crippen molar-refractivity contribution in [3.63, 3.8) is 0 Å². The number of ether oxygens (including phenoxy) is 1. The van der Waals surface area contributed by atoms with Gasteiger partial charge in [-0.05, 0) is 13.8 Å². The van der Waals surface area contributed by atoms with Crippen LogP contribution in [0.1, 0.15) is 35.7 Å². The minimum absolute atomic E-state index is 0.512. The molecule has 2 rings (SSSR count). The summed E-state index contributed by atoms with van der Waals surface area (Å²) in [5.41, 5.74) is 3.35. The van der Waals surface area contributed by atoms with Crippen molar-refractivity contribution in [2.75, 3.05) is 20.3 Å². The fourth-order valence-corrected chi connectivity index (χ4v) is 2.15. The van der Waals surface area contributed by atoms with Crippen LogP contribution in [0.4, 0.5) is 0 Å². The maximum atomic E-state index is 5.54. The number of rotatable bonds is 8. The summed E-state index contributed by atoms with van der Waals surface area (Å²) in [7, 11) is 1.70. The van der Waals surface area contributed by atoms with Gasteiger partial charge in [0.15, 0.2) is 0 Å². The maximum absolute atomic E-state index is 5.54. The van der Waals surface area contributed by atoms with E-state index in [1.165, 1.54) is 5.56 Å². The van der Waals surface area contributed by atoms with Gasteiger partial charge in [0.25, 0.3) is 0 Å². The van der Waals surface area contributed by atoms with E-state index in [1.54, 1.807) is 7.11 Å². The molecule has 0 aliphatic rings. The summed E-state index contributed by atoms with van der Waals surface area (Å²) in [5, 5.41) is 15.9. The van der Waals surface area contributed by atoms with E-state index in [1.807, 2.05) is 18.5 Å². The predicted molar refractivity (Wildman–Crippen MR) is 78.1 cm³/mol. The van der Waals surface area contributed by atoms with Crippen molar-refractivity contribution in [3.05, 3.63) is 28.7 Å². The third-order valence-electron chi connectivity index (χ3n) is 3.41. The summed E-state index contributed by atoms with van der Waals surface area (Å²) in [6.45, 7) is 8.89. The van der Waals surface area contributed by atoms with Gasteiger partial charge in [0.05, 0.1) is 12.3 Å². The van der Waals surface area contributed by atoms with Crippen molar-refractivity contribution in [2.24, 2.45) is 0 Å². The third-order valence-corrected chi connectivity index (χ3v) is 3.41. The average molecular weight is 293 g/mol. The molecule has 2 heterocycles. The molecule has 7 nitrogen and oxygen atoms in total. The quantitative estimate of drug-likeness (QED) is 0.738. The molecule has 0 saturated carbocycles. The molecular weight excluding hydrogens is 270 g/mol. The van der Waals surface area contributed by atoms with Crippen molar-refractivity contribution in [1.82, 2.24) is 25.3 Å². The molecule has 0 atom stereocenters. The van der Waals surface area contributed by atoms with Crippen molar-refractivity contribution >= 4 is 0 Å². The molecule has 0 spiro atoms. The third kappa shape index (κ3) is 3.89. The zero-order valence-electron chi connectivity index (χ0n) is 13.1. The SMILES string of the molecule is CCc1nnc(Cn2nc(C)c(CNCCOC)c2C)o1. The summed E-state index contributed by atoms with van der Waals surface area (Å²) in [6.07, 6.45) is 0.749. The van der Waals surface area contributed by atoms with Crippen LogP contribution in [0.15, 0.2) is 4.42 Å². The second kappa shape index (κ2) is 7.33. The van der Waals surface area contributed by atoms with Crippen molar-refractivity contribution < 1.29 is 9.15 Å². The largest absolute Gasteiger partial charge is 0.423 e. The Hall–Kier alpha value is -1.73. The number of hydrogen-bond donors (Lipinski definition) is 1. The minimum atomic E-state index is 0.512. The molecule has 0 aromatic carbocycles. The second-order valence-electron chi connectivity index (χ2n) is 4.92. The molecule has 21 heavy (non-hydrogen) atoms. The Balaban J connectivity index is 2.03. The summed E-state index contributed by atoms with van der Waals surface area (Å²) < 4.78 is 12.5. The van der Waals surface area contributed by atoms with Crippen LogP contribution < -0.4 is 5.32 Å². The number of nitrogens with zero attached hydrogens (tertiary/aromatic N) is 4. The highest BCUT2D eigenvalue weighted by molar-refractivity contribution is 5.24. The fourth-order valence-electron chi connectivity index (χ4n) is 2.15. The Bertz CT molecular complexity index is 576. The van der Waals surface area contributed by atoms with Gasteiger partial charge in [0.2, 0.25) is 11.8 Å². The van der Waals surface area contributed by atoms with E-state index in [2.05, 4.69) is 27.5 Å². The molecule has 0 saturated heterocycles. The standard InChI is InChI=1S/C14H23N5O2/c1-5-13-16-17-14(21-13)9-19-11(3)12(10(2)18-19)8-15-6-7-20-4/h15H,5-9H2,1-4H3. The smallest absolute Gasteiger partial charge is 0.237 e. The monoisotopic (exact) mass is 293 g/mol. The molecule has 0 aliphatic carbocycles. The van der Waals surface area contributed by atoms with Gasteiger partial charge in [-0.25, -0.2) is 0 Å². The lowest BCUT2D eigenvalue weighted by atomic mass is 10.2. The average Bonchev–Trinajstić information content (AvgIpc) is 3.03. The van der Waals surface area contributed by atoms with E-state index in [0.717, 1.165) is 30.9 Å². The van der Waals surface area contributed by atoms with E-state index in [-0.39, 0.29) is 0 Å². The molecule has 0 aliphatic heterocycles. The fraction of sp³-hybridized carbons (Fsp3) is 0.643. The Morgan fingerprint density at radius 3 is 2.67 bits per heavy atom. The number of hydrogen-bond acceptors (Lipinski definition) is 6. The van der Waals surface area contributed by atoms with E-state index in [9.17, 15) is 0 Å². The first kappa shape index (κ1) is 15.7. The van der Waals surface area contributed by atoms with Crippen LogP contribution >= 0.6 is 0 Å². The lowest BCUT2D eigenvalue weighted by Gasteiger charge is -2.05. The van der Waals surface area contributed by atoms with Gasteiger partial charge in [-0.15, -0.1) is 10.2 Å². The zero-order valence-corrected chi connectivity index (χ0v) is 13.1. The highest BCUT2D eigenvalue weighted by atomic mass is 16.5. The molecular formula is C14H23N5O2. The highest BCUT2D eigenvalue weighted by Crippen LogP contribution is 2.14. The van der Waals surface area contributed by atoms with Crippen molar-refractivity contribution in [3.8, 4) is 0 Å². The van der Waals surface area contributed by atoms with Gasteiger partial charge in [-0.2, -0.15) is 5.10 Å². The highest BCUT2D eigenvalue weighted by Gasteiger charge is 2.13. The minimum Gasteiger partial charge on any atom is -0.423 e. The lowest BCUT2D eigenvalue weighted by molar-refractivity contribution is 0.199. The molecule has 0 unspecified atom stereocenters. The van der Waals surface area contributed by atoms with Crippen LogP contribution in [0.5, 0.6) is 0 Å². The van der Waals surface area contributed by atoms with Gasteiger partial charge in [0.1, 0.15) is 6.54 Å². The maximum Gasteiger partial charge on any atom is 0.237 e. The first-order chi connectivity index (χ1) is 10.2. The summed E-state index contributed by atoms with van der Waals surface area (Å²) in [4.78, 5) is 0. The number of methoxy groups -OCH3 is 1. The van der Waals surface area contributed by atoms with Crippen LogP contribution in [0, 0.1) is 13.8 Å². The molecule has 0 fully saturated rings. The van der Waals surface area contributed by atoms with Gasteiger partial charge < -0.3 is 14.5 Å². The molecule has 0 bridgehead atoms. The molecule has 7 heteroatoms. The van der Waals surface area contributed by atoms with E-state index in [0.29, 0.717) is 24.9 Å². The van der Waals surface area contributed by atoms with E-state index < -0.39 is 0 Å². The lowest BCUT2D eigenvalue weighted by Crippen LogP contribution is -2.19. The second-order valence-corrected chi connectivity index (χ2v) is 4.92. The van der Waals surface area contributed by atoms with Gasteiger partial charge >= 0.3 is 0 Å². The van der Waals surface area contributed by atoms with Gasteiger partial charge in [-0.3, -0.25) is 4.68 Å². The van der Waals surface area contributed by atoms with Gasteiger partial charge in [0, 0.05) is 37.9 Å². The van der Waals surface area contributed by atoms with Crippen molar-refractivity contribution in [2.45, 2.75) is 40.3 Å². The van der Waals surface area contributed by atoms with Crippen LogP contribution in [0.25, 0.3) is 0 Å². The summed E-state index contributed by atoms with van der Waals surface area (Å²) in [6, 6.07) is 0. The Morgan fingerprint density at radius 1 is 1.24 bits per heavy atom. The molecule has 2 aromatic heterocycles. The molecule has 2 aromatic rings. The predicted octanol–water partition coefficient (Wildman–Crippen LogP) is 1.23.